The zero-order chi connectivity index (χ0) is 22.2. The molecule has 0 saturated carbocycles. The van der Waals surface area contributed by atoms with E-state index in [0.717, 1.165) is 18.2 Å². The van der Waals surface area contributed by atoms with Gasteiger partial charge < -0.3 is 9.80 Å². The molecule has 1 fully saturated rings. The summed E-state index contributed by atoms with van der Waals surface area (Å²) in [6, 6.07) is 6.51. The van der Waals surface area contributed by atoms with Crippen molar-refractivity contribution in [3.8, 4) is 0 Å². The SMILES string of the molecule is O=C(c1cccc(C(F)(F)F)c1)N1CCN(C(=O)c2cc(F)cc3nccnc23)CC1. The molecule has 0 aliphatic carbocycles. The first kappa shape index (κ1) is 20.7. The lowest BCUT2D eigenvalue weighted by Gasteiger charge is -2.35. The Morgan fingerprint density at radius 2 is 1.52 bits per heavy atom. The first-order valence-corrected chi connectivity index (χ1v) is 9.40. The fourth-order valence-corrected chi connectivity index (χ4v) is 3.50. The van der Waals surface area contributed by atoms with Crippen molar-refractivity contribution >= 4 is 22.8 Å². The van der Waals surface area contributed by atoms with Crippen molar-refractivity contribution < 1.29 is 27.2 Å². The van der Waals surface area contributed by atoms with E-state index in [2.05, 4.69) is 9.97 Å². The Kier molecular flexibility index (Phi) is 5.30. The van der Waals surface area contributed by atoms with E-state index >= 15 is 0 Å². The number of carbonyl (C=O) groups excluding carboxylic acids is 2. The van der Waals surface area contributed by atoms with Crippen molar-refractivity contribution in [2.24, 2.45) is 0 Å². The average molecular weight is 432 g/mol. The number of fused-ring (bicyclic) bond motifs is 1. The maximum Gasteiger partial charge on any atom is 0.416 e. The number of benzene rings is 2. The molecule has 6 nitrogen and oxygen atoms in total. The van der Waals surface area contributed by atoms with Crippen LogP contribution >= 0.6 is 0 Å². The van der Waals surface area contributed by atoms with Crippen LogP contribution in [0.3, 0.4) is 0 Å². The van der Waals surface area contributed by atoms with Gasteiger partial charge in [0.25, 0.3) is 11.8 Å². The molecule has 1 aliphatic heterocycles. The third-order valence-corrected chi connectivity index (χ3v) is 5.06. The van der Waals surface area contributed by atoms with Crippen molar-refractivity contribution in [1.29, 1.82) is 0 Å². The molecule has 2 amide bonds. The van der Waals surface area contributed by atoms with E-state index in [4.69, 9.17) is 0 Å². The topological polar surface area (TPSA) is 66.4 Å². The van der Waals surface area contributed by atoms with Gasteiger partial charge in [0, 0.05) is 50.2 Å². The molecule has 0 spiro atoms. The molecule has 0 radical (unpaired) electrons. The minimum absolute atomic E-state index is 0.0685. The van der Waals surface area contributed by atoms with Crippen LogP contribution in [0.2, 0.25) is 0 Å². The van der Waals surface area contributed by atoms with E-state index in [-0.39, 0.29) is 48.3 Å². The fraction of sp³-hybridized carbons (Fsp3) is 0.238. The van der Waals surface area contributed by atoms with Crippen molar-refractivity contribution in [3.05, 3.63) is 71.3 Å². The summed E-state index contributed by atoms with van der Waals surface area (Å²) in [4.78, 5) is 36.5. The van der Waals surface area contributed by atoms with Crippen LogP contribution in [0.25, 0.3) is 11.0 Å². The van der Waals surface area contributed by atoms with Gasteiger partial charge in [0.15, 0.2) is 0 Å². The van der Waals surface area contributed by atoms with Gasteiger partial charge in [-0.2, -0.15) is 13.2 Å². The molecular formula is C21H16F4N4O2. The summed E-state index contributed by atoms with van der Waals surface area (Å²) >= 11 is 0. The van der Waals surface area contributed by atoms with Gasteiger partial charge in [-0.3, -0.25) is 19.6 Å². The quantitative estimate of drug-likeness (QED) is 0.583. The molecule has 4 rings (SSSR count). The number of hydrogen-bond acceptors (Lipinski definition) is 4. The highest BCUT2D eigenvalue weighted by Gasteiger charge is 2.32. The predicted octanol–water partition coefficient (Wildman–Crippen LogP) is 3.39. The molecule has 0 unspecified atom stereocenters. The van der Waals surface area contributed by atoms with Crippen LogP contribution in [0.5, 0.6) is 0 Å². The molecule has 31 heavy (non-hydrogen) atoms. The van der Waals surface area contributed by atoms with Crippen LogP contribution < -0.4 is 0 Å². The summed E-state index contributed by atoms with van der Waals surface area (Å²) in [7, 11) is 0. The van der Waals surface area contributed by atoms with E-state index in [1.165, 1.54) is 40.4 Å². The van der Waals surface area contributed by atoms with Gasteiger partial charge in [0.1, 0.15) is 11.3 Å². The highest BCUT2D eigenvalue weighted by Crippen LogP contribution is 2.30. The van der Waals surface area contributed by atoms with Gasteiger partial charge >= 0.3 is 6.18 Å². The maximum absolute atomic E-state index is 13.9. The Balaban J connectivity index is 1.48. The Hall–Kier alpha value is -3.56. The number of rotatable bonds is 2. The molecule has 10 heteroatoms. The average Bonchev–Trinajstić information content (AvgIpc) is 2.77. The van der Waals surface area contributed by atoms with Gasteiger partial charge in [-0.1, -0.05) is 6.07 Å². The second kappa shape index (κ2) is 7.93. The van der Waals surface area contributed by atoms with E-state index in [0.29, 0.717) is 0 Å². The molecule has 1 saturated heterocycles. The van der Waals surface area contributed by atoms with Crippen LogP contribution in [0.15, 0.2) is 48.8 Å². The third-order valence-electron chi connectivity index (χ3n) is 5.06. The summed E-state index contributed by atoms with van der Waals surface area (Å²) in [5.41, 5.74) is -0.367. The van der Waals surface area contributed by atoms with Crippen molar-refractivity contribution in [2.45, 2.75) is 6.18 Å². The lowest BCUT2D eigenvalue weighted by atomic mass is 10.1. The summed E-state index contributed by atoms with van der Waals surface area (Å²) < 4.78 is 52.7. The highest BCUT2D eigenvalue weighted by molar-refractivity contribution is 6.04. The monoisotopic (exact) mass is 432 g/mol. The molecular weight excluding hydrogens is 416 g/mol. The summed E-state index contributed by atoms with van der Waals surface area (Å²) in [5.74, 6) is -1.61. The van der Waals surface area contributed by atoms with Gasteiger partial charge in [-0.25, -0.2) is 4.39 Å². The molecule has 0 atom stereocenters. The lowest BCUT2D eigenvalue weighted by molar-refractivity contribution is -0.137. The normalized spacial score (nSPS) is 14.7. The molecule has 2 aromatic carbocycles. The highest BCUT2D eigenvalue weighted by atomic mass is 19.4. The fourth-order valence-electron chi connectivity index (χ4n) is 3.50. The zero-order valence-corrected chi connectivity index (χ0v) is 16.1. The second-order valence-electron chi connectivity index (χ2n) is 7.04. The van der Waals surface area contributed by atoms with E-state index < -0.39 is 29.4 Å². The molecule has 3 aromatic rings. The number of hydrogen-bond donors (Lipinski definition) is 0. The summed E-state index contributed by atoms with van der Waals surface area (Å²) in [6.07, 6.45) is -1.74. The second-order valence-corrected chi connectivity index (χ2v) is 7.04. The Labute approximate surface area is 174 Å². The Bertz CT molecular complexity index is 1160. The van der Waals surface area contributed by atoms with Gasteiger partial charge in [0.05, 0.1) is 16.6 Å². The Morgan fingerprint density at radius 1 is 0.871 bits per heavy atom. The van der Waals surface area contributed by atoms with Gasteiger partial charge in [-0.15, -0.1) is 0 Å². The zero-order valence-electron chi connectivity index (χ0n) is 16.1. The number of alkyl halides is 3. The number of amides is 2. The first-order chi connectivity index (χ1) is 14.7. The van der Waals surface area contributed by atoms with E-state index in [1.807, 2.05) is 0 Å². The molecule has 0 bridgehead atoms. The van der Waals surface area contributed by atoms with Crippen LogP contribution in [-0.2, 0) is 6.18 Å². The van der Waals surface area contributed by atoms with Crippen molar-refractivity contribution in [2.75, 3.05) is 26.2 Å². The predicted molar refractivity (Wildman–Crippen MR) is 103 cm³/mol. The van der Waals surface area contributed by atoms with Crippen LogP contribution in [-0.4, -0.2) is 57.8 Å². The molecule has 1 aromatic heterocycles. The van der Waals surface area contributed by atoms with E-state index in [1.54, 1.807) is 0 Å². The number of halogens is 4. The number of aromatic nitrogens is 2. The summed E-state index contributed by atoms with van der Waals surface area (Å²) in [6.45, 7) is 0.586. The molecule has 160 valence electrons. The van der Waals surface area contributed by atoms with E-state index in [9.17, 15) is 27.2 Å². The third kappa shape index (κ3) is 4.18. The largest absolute Gasteiger partial charge is 0.416 e. The number of nitrogens with zero attached hydrogens (tertiary/aromatic N) is 4. The molecule has 1 aliphatic rings. The standard InChI is InChI=1S/C21H16F4N4O2/c22-15-11-16(18-17(12-15)26-4-5-27-18)20(31)29-8-6-28(7-9-29)19(30)13-2-1-3-14(10-13)21(23,24)25/h1-5,10-12H,6-9H2. The van der Waals surface area contributed by atoms with Crippen molar-refractivity contribution in [1.82, 2.24) is 19.8 Å². The lowest BCUT2D eigenvalue weighted by Crippen LogP contribution is -2.50. The van der Waals surface area contributed by atoms with Crippen molar-refractivity contribution in [3.63, 3.8) is 0 Å². The number of piperazine rings is 1. The first-order valence-electron chi connectivity index (χ1n) is 9.40. The van der Waals surface area contributed by atoms with Crippen LogP contribution in [0, 0.1) is 5.82 Å². The maximum atomic E-state index is 13.9. The Morgan fingerprint density at radius 3 is 2.19 bits per heavy atom. The van der Waals surface area contributed by atoms with Gasteiger partial charge in [0.2, 0.25) is 0 Å². The van der Waals surface area contributed by atoms with Crippen LogP contribution in [0.4, 0.5) is 17.6 Å². The minimum Gasteiger partial charge on any atom is -0.335 e. The smallest absolute Gasteiger partial charge is 0.335 e. The summed E-state index contributed by atoms with van der Waals surface area (Å²) in [5, 5.41) is 0. The van der Waals surface area contributed by atoms with Crippen LogP contribution in [0.1, 0.15) is 26.3 Å². The minimum atomic E-state index is -4.54. The van der Waals surface area contributed by atoms with Gasteiger partial charge in [-0.05, 0) is 24.3 Å². The molecule has 0 N–H and O–H groups in total. The molecule has 2 heterocycles. The number of carbonyl (C=O) groups is 2.